The SMILES string of the molecule is CON1C(=O)C(=Cc2cc(C(C)(C)C)c(O)c(C(C)(C)C)c2)c2ccccc21. The summed E-state index contributed by atoms with van der Waals surface area (Å²) in [5.41, 5.74) is 4.35. The molecule has 0 saturated heterocycles. The van der Waals surface area contributed by atoms with E-state index in [4.69, 9.17) is 4.84 Å². The highest BCUT2D eigenvalue weighted by Gasteiger charge is 2.33. The van der Waals surface area contributed by atoms with Crippen molar-refractivity contribution in [2.24, 2.45) is 0 Å². The Kier molecular flexibility index (Phi) is 4.88. The van der Waals surface area contributed by atoms with Gasteiger partial charge in [-0.05, 0) is 40.7 Å². The third kappa shape index (κ3) is 3.45. The largest absolute Gasteiger partial charge is 0.507 e. The molecule has 1 aliphatic rings. The maximum absolute atomic E-state index is 12.9. The summed E-state index contributed by atoms with van der Waals surface area (Å²) < 4.78 is 0. The molecule has 4 heteroatoms. The van der Waals surface area contributed by atoms with Crippen LogP contribution in [-0.2, 0) is 20.5 Å². The summed E-state index contributed by atoms with van der Waals surface area (Å²) in [6.07, 6.45) is 1.89. The highest BCUT2D eigenvalue weighted by atomic mass is 16.7. The van der Waals surface area contributed by atoms with Gasteiger partial charge in [-0.1, -0.05) is 59.7 Å². The van der Waals surface area contributed by atoms with Gasteiger partial charge in [0.15, 0.2) is 0 Å². The molecule has 0 atom stereocenters. The molecule has 0 fully saturated rings. The van der Waals surface area contributed by atoms with Gasteiger partial charge in [0.05, 0.1) is 18.4 Å². The smallest absolute Gasteiger partial charge is 0.282 e. The zero-order valence-electron chi connectivity index (χ0n) is 17.8. The molecule has 0 aliphatic carbocycles. The number of anilines is 1. The van der Waals surface area contributed by atoms with Crippen molar-refractivity contribution in [1.82, 2.24) is 0 Å². The van der Waals surface area contributed by atoms with Gasteiger partial charge in [-0.2, -0.15) is 5.06 Å². The Labute approximate surface area is 167 Å². The number of hydrogen-bond acceptors (Lipinski definition) is 3. The number of phenols is 1. The van der Waals surface area contributed by atoms with Crippen molar-refractivity contribution < 1.29 is 14.7 Å². The lowest BCUT2D eigenvalue weighted by Crippen LogP contribution is -2.24. The van der Waals surface area contributed by atoms with Crippen molar-refractivity contribution in [1.29, 1.82) is 0 Å². The first-order valence-electron chi connectivity index (χ1n) is 9.53. The number of carbonyl (C=O) groups excluding carboxylic acids is 1. The molecule has 148 valence electrons. The van der Waals surface area contributed by atoms with Crippen molar-refractivity contribution in [3.63, 3.8) is 0 Å². The van der Waals surface area contributed by atoms with Gasteiger partial charge in [-0.15, -0.1) is 0 Å². The fraction of sp³-hybridized carbons (Fsp3) is 0.375. The predicted molar refractivity (Wildman–Crippen MR) is 114 cm³/mol. The summed E-state index contributed by atoms with van der Waals surface area (Å²) in [5, 5.41) is 12.2. The summed E-state index contributed by atoms with van der Waals surface area (Å²) in [5.74, 6) is 0.144. The van der Waals surface area contributed by atoms with Gasteiger partial charge in [0.2, 0.25) is 0 Å². The first-order valence-corrected chi connectivity index (χ1v) is 9.53. The molecular weight excluding hydrogens is 350 g/mol. The number of nitrogens with zero attached hydrogens (tertiary/aromatic N) is 1. The van der Waals surface area contributed by atoms with Crippen LogP contribution >= 0.6 is 0 Å². The molecule has 0 radical (unpaired) electrons. The zero-order valence-corrected chi connectivity index (χ0v) is 17.8. The Morgan fingerprint density at radius 1 is 0.964 bits per heavy atom. The van der Waals surface area contributed by atoms with Crippen LogP contribution in [-0.4, -0.2) is 18.1 Å². The van der Waals surface area contributed by atoms with E-state index in [1.807, 2.05) is 42.5 Å². The summed E-state index contributed by atoms with van der Waals surface area (Å²) in [6, 6.07) is 11.5. The van der Waals surface area contributed by atoms with Crippen LogP contribution in [0.2, 0.25) is 0 Å². The normalized spacial score (nSPS) is 16.0. The van der Waals surface area contributed by atoms with Crippen molar-refractivity contribution >= 4 is 23.2 Å². The highest BCUT2D eigenvalue weighted by molar-refractivity contribution is 6.35. The van der Waals surface area contributed by atoms with Gasteiger partial charge in [0, 0.05) is 16.7 Å². The Morgan fingerprint density at radius 3 is 2.00 bits per heavy atom. The summed E-state index contributed by atoms with van der Waals surface area (Å²) in [6.45, 7) is 12.5. The number of rotatable bonds is 2. The van der Waals surface area contributed by atoms with E-state index in [0.29, 0.717) is 11.3 Å². The minimum atomic E-state index is -0.227. The predicted octanol–water partition coefficient (Wildman–Crippen LogP) is 5.44. The lowest BCUT2D eigenvalue weighted by atomic mass is 9.78. The van der Waals surface area contributed by atoms with Crippen LogP contribution in [0.25, 0.3) is 11.6 Å². The molecule has 0 spiro atoms. The molecule has 2 aromatic rings. The fourth-order valence-electron chi connectivity index (χ4n) is 3.58. The topological polar surface area (TPSA) is 49.8 Å². The monoisotopic (exact) mass is 379 g/mol. The van der Waals surface area contributed by atoms with Crippen LogP contribution in [0, 0.1) is 0 Å². The van der Waals surface area contributed by atoms with E-state index in [0.717, 1.165) is 27.9 Å². The van der Waals surface area contributed by atoms with E-state index in [-0.39, 0.29) is 16.7 Å². The van der Waals surface area contributed by atoms with Gasteiger partial charge in [0.1, 0.15) is 5.75 Å². The maximum Gasteiger partial charge on any atom is 0.282 e. The molecule has 2 aromatic carbocycles. The van der Waals surface area contributed by atoms with Gasteiger partial charge in [0.25, 0.3) is 5.91 Å². The zero-order chi connectivity index (χ0) is 20.9. The second kappa shape index (κ2) is 6.78. The van der Waals surface area contributed by atoms with E-state index in [9.17, 15) is 9.90 Å². The highest BCUT2D eigenvalue weighted by Crippen LogP contribution is 2.42. The minimum Gasteiger partial charge on any atom is -0.507 e. The number of para-hydroxylation sites is 1. The molecule has 4 nitrogen and oxygen atoms in total. The van der Waals surface area contributed by atoms with E-state index in [1.165, 1.54) is 12.2 Å². The van der Waals surface area contributed by atoms with Crippen LogP contribution in [0.3, 0.4) is 0 Å². The maximum atomic E-state index is 12.9. The first kappa shape index (κ1) is 20.2. The Balaban J connectivity index is 2.24. The van der Waals surface area contributed by atoms with Crippen LogP contribution in [0.15, 0.2) is 36.4 Å². The third-order valence-electron chi connectivity index (χ3n) is 5.07. The van der Waals surface area contributed by atoms with Crippen LogP contribution in [0.1, 0.15) is 63.8 Å². The quantitative estimate of drug-likeness (QED) is 0.707. The second-order valence-corrected chi connectivity index (χ2v) is 9.32. The number of carbonyl (C=O) groups is 1. The number of hydroxylamine groups is 1. The molecule has 1 N–H and O–H groups in total. The molecule has 0 aromatic heterocycles. The molecule has 0 saturated carbocycles. The van der Waals surface area contributed by atoms with Crippen molar-refractivity contribution in [3.05, 3.63) is 58.7 Å². The van der Waals surface area contributed by atoms with Crippen LogP contribution in [0.4, 0.5) is 5.69 Å². The van der Waals surface area contributed by atoms with E-state index < -0.39 is 0 Å². The van der Waals surface area contributed by atoms with Gasteiger partial charge < -0.3 is 5.11 Å². The number of hydrogen-bond donors (Lipinski definition) is 1. The summed E-state index contributed by atoms with van der Waals surface area (Å²) in [7, 11) is 1.49. The average Bonchev–Trinajstić information content (AvgIpc) is 2.85. The lowest BCUT2D eigenvalue weighted by Gasteiger charge is -2.28. The van der Waals surface area contributed by atoms with Crippen LogP contribution in [0.5, 0.6) is 5.75 Å². The number of amides is 1. The second-order valence-electron chi connectivity index (χ2n) is 9.32. The first-order chi connectivity index (χ1) is 12.9. The van der Waals surface area contributed by atoms with Gasteiger partial charge in [-0.25, -0.2) is 0 Å². The number of benzene rings is 2. The number of fused-ring (bicyclic) bond motifs is 1. The molecule has 1 heterocycles. The Hall–Kier alpha value is -2.59. The van der Waals surface area contributed by atoms with E-state index >= 15 is 0 Å². The molecule has 0 unspecified atom stereocenters. The average molecular weight is 380 g/mol. The summed E-state index contributed by atoms with van der Waals surface area (Å²) >= 11 is 0. The summed E-state index contributed by atoms with van der Waals surface area (Å²) in [4.78, 5) is 18.2. The van der Waals surface area contributed by atoms with Crippen molar-refractivity contribution in [2.45, 2.75) is 52.4 Å². The Morgan fingerprint density at radius 2 is 1.50 bits per heavy atom. The number of aromatic hydroxyl groups is 1. The molecular formula is C24H29NO3. The number of phenolic OH excluding ortho intramolecular Hbond substituents is 1. The van der Waals surface area contributed by atoms with E-state index in [2.05, 4.69) is 41.5 Å². The van der Waals surface area contributed by atoms with Crippen molar-refractivity contribution in [3.8, 4) is 5.75 Å². The Bertz CT molecular complexity index is 924. The van der Waals surface area contributed by atoms with Crippen molar-refractivity contribution in [2.75, 3.05) is 12.2 Å². The molecule has 0 bridgehead atoms. The van der Waals surface area contributed by atoms with E-state index in [1.54, 1.807) is 0 Å². The molecule has 3 rings (SSSR count). The van der Waals surface area contributed by atoms with Crippen LogP contribution < -0.4 is 5.06 Å². The molecule has 1 aliphatic heterocycles. The fourth-order valence-corrected chi connectivity index (χ4v) is 3.58. The van der Waals surface area contributed by atoms with Gasteiger partial charge >= 0.3 is 0 Å². The lowest BCUT2D eigenvalue weighted by molar-refractivity contribution is -0.118. The minimum absolute atomic E-state index is 0.189. The molecule has 1 amide bonds. The molecule has 28 heavy (non-hydrogen) atoms. The van der Waals surface area contributed by atoms with Gasteiger partial charge in [-0.3, -0.25) is 9.63 Å². The standard InChI is InChI=1S/C24H29NO3/c1-23(2,3)18-13-15(14-19(21(18)26)24(4,5)6)12-17-16-10-8-9-11-20(16)25(28-7)22(17)27/h8-14,26H,1-7H3. The third-order valence-corrected chi connectivity index (χ3v) is 5.07.